The molecule has 0 saturated heterocycles. The summed E-state index contributed by atoms with van der Waals surface area (Å²) in [5, 5.41) is 7.54. The van der Waals surface area contributed by atoms with Gasteiger partial charge in [-0.1, -0.05) is 29.1 Å². The van der Waals surface area contributed by atoms with Gasteiger partial charge in [-0.05, 0) is 44.4 Å². The molecule has 0 aliphatic rings. The smallest absolute Gasteiger partial charge is 0.203 e. The number of halogens is 2. The van der Waals surface area contributed by atoms with Gasteiger partial charge in [-0.15, -0.1) is 6.42 Å². The number of thioether (sulfide) groups is 1. The van der Waals surface area contributed by atoms with Crippen LogP contribution in [0.4, 0.5) is 0 Å². The third-order valence-electron chi connectivity index (χ3n) is 3.87. The molecule has 2 rings (SSSR count). The van der Waals surface area contributed by atoms with Crippen LogP contribution in [-0.2, 0) is 22.1 Å². The molecule has 168 valence electrons. The summed E-state index contributed by atoms with van der Waals surface area (Å²) in [6.45, 7) is 1.48. The predicted molar refractivity (Wildman–Crippen MR) is 129 cm³/mol. The standard InChI is InChI=1S/C21H25Cl2N3O3S2/c1-4-9-24-21(15-31(27,28)18-7-8-19(22)20(23)12-18)25-10-11-30-14-17-6-5-16(29-17)13-26(2)3/h1,5-8,12,15,24-25H,9-11,13-14H2,2-3H3/b21-15-. The quantitative estimate of drug-likeness (QED) is 0.336. The maximum Gasteiger partial charge on any atom is 0.203 e. The van der Waals surface area contributed by atoms with Crippen molar-refractivity contribution in [3.05, 3.63) is 63.1 Å². The predicted octanol–water partition coefficient (Wildman–Crippen LogP) is 3.97. The van der Waals surface area contributed by atoms with Crippen molar-refractivity contribution in [3.8, 4) is 12.3 Å². The van der Waals surface area contributed by atoms with Crippen molar-refractivity contribution < 1.29 is 12.8 Å². The zero-order valence-electron chi connectivity index (χ0n) is 17.3. The van der Waals surface area contributed by atoms with Gasteiger partial charge >= 0.3 is 0 Å². The Bertz CT molecular complexity index is 1040. The first-order valence-electron chi connectivity index (χ1n) is 9.34. The van der Waals surface area contributed by atoms with E-state index in [9.17, 15) is 8.42 Å². The second-order valence-electron chi connectivity index (χ2n) is 6.80. The first-order chi connectivity index (χ1) is 14.7. The normalized spacial score (nSPS) is 12.1. The van der Waals surface area contributed by atoms with Crippen molar-refractivity contribution in [2.24, 2.45) is 0 Å². The summed E-state index contributed by atoms with van der Waals surface area (Å²) in [6, 6.07) is 8.12. The molecule has 0 spiro atoms. The lowest BCUT2D eigenvalue weighted by atomic mass is 10.4. The first-order valence-corrected chi connectivity index (χ1v) is 12.8. The molecule has 0 fully saturated rings. The van der Waals surface area contributed by atoms with Gasteiger partial charge in [-0.25, -0.2) is 8.42 Å². The number of hydrogen-bond donors (Lipinski definition) is 2. The Balaban J connectivity index is 1.92. The number of terminal acetylenes is 1. The molecule has 2 N–H and O–H groups in total. The highest BCUT2D eigenvalue weighted by Crippen LogP contribution is 2.26. The lowest BCUT2D eigenvalue weighted by molar-refractivity contribution is 0.344. The lowest BCUT2D eigenvalue weighted by Gasteiger charge is -2.12. The molecule has 2 aromatic rings. The van der Waals surface area contributed by atoms with Crippen LogP contribution in [0.5, 0.6) is 0 Å². The highest BCUT2D eigenvalue weighted by molar-refractivity contribution is 7.98. The van der Waals surface area contributed by atoms with E-state index in [0.29, 0.717) is 12.4 Å². The van der Waals surface area contributed by atoms with Crippen LogP contribution in [0.3, 0.4) is 0 Å². The molecule has 0 aliphatic heterocycles. The Hall–Kier alpha value is -1.76. The molecule has 1 aromatic carbocycles. The number of rotatable bonds is 12. The molecule has 0 bridgehead atoms. The van der Waals surface area contributed by atoms with Gasteiger partial charge in [-0.3, -0.25) is 0 Å². The minimum Gasteiger partial charge on any atom is -0.464 e. The minimum atomic E-state index is -3.75. The highest BCUT2D eigenvalue weighted by atomic mass is 35.5. The van der Waals surface area contributed by atoms with E-state index in [1.54, 1.807) is 11.8 Å². The number of sulfone groups is 1. The van der Waals surface area contributed by atoms with E-state index in [0.717, 1.165) is 35.0 Å². The summed E-state index contributed by atoms with van der Waals surface area (Å²) in [5.41, 5.74) is 0. The molecular formula is C21H25Cl2N3O3S2. The number of nitrogens with zero attached hydrogens (tertiary/aromatic N) is 1. The Labute approximate surface area is 198 Å². The van der Waals surface area contributed by atoms with Crippen molar-refractivity contribution in [1.29, 1.82) is 0 Å². The molecule has 0 unspecified atom stereocenters. The molecule has 0 radical (unpaired) electrons. The third-order valence-corrected chi connectivity index (χ3v) is 7.05. The molecule has 6 nitrogen and oxygen atoms in total. The van der Waals surface area contributed by atoms with Crippen LogP contribution < -0.4 is 10.6 Å². The lowest BCUT2D eigenvalue weighted by Crippen LogP contribution is -2.29. The largest absolute Gasteiger partial charge is 0.464 e. The Morgan fingerprint density at radius 3 is 2.61 bits per heavy atom. The van der Waals surface area contributed by atoms with Gasteiger partial charge in [0.05, 0.1) is 39.2 Å². The average molecular weight is 502 g/mol. The summed E-state index contributed by atoms with van der Waals surface area (Å²) in [7, 11) is 0.233. The van der Waals surface area contributed by atoms with E-state index < -0.39 is 9.84 Å². The van der Waals surface area contributed by atoms with Crippen molar-refractivity contribution in [2.45, 2.75) is 17.2 Å². The van der Waals surface area contributed by atoms with E-state index >= 15 is 0 Å². The Morgan fingerprint density at radius 2 is 1.94 bits per heavy atom. The number of benzene rings is 1. The minimum absolute atomic E-state index is 0.0458. The van der Waals surface area contributed by atoms with Crippen molar-refractivity contribution in [3.63, 3.8) is 0 Å². The summed E-state index contributed by atoms with van der Waals surface area (Å²) in [4.78, 5) is 2.09. The van der Waals surface area contributed by atoms with Gasteiger partial charge in [0.2, 0.25) is 9.84 Å². The average Bonchev–Trinajstić information content (AvgIpc) is 3.13. The van der Waals surface area contributed by atoms with Gasteiger partial charge in [0.15, 0.2) is 0 Å². The van der Waals surface area contributed by atoms with Crippen molar-refractivity contribution in [1.82, 2.24) is 15.5 Å². The third kappa shape index (κ3) is 8.71. The monoisotopic (exact) mass is 501 g/mol. The van der Waals surface area contributed by atoms with Gasteiger partial charge in [0, 0.05) is 12.3 Å². The number of hydrogen-bond acceptors (Lipinski definition) is 7. The molecule has 0 amide bonds. The van der Waals surface area contributed by atoms with Gasteiger partial charge in [0.25, 0.3) is 0 Å². The van der Waals surface area contributed by atoms with E-state index in [2.05, 4.69) is 16.6 Å². The Kier molecular flexibility index (Phi) is 10.1. The summed E-state index contributed by atoms with van der Waals surface area (Å²) in [6.07, 6.45) is 5.29. The van der Waals surface area contributed by atoms with Gasteiger partial charge < -0.3 is 20.0 Å². The van der Waals surface area contributed by atoms with E-state index in [1.165, 1.54) is 18.2 Å². The van der Waals surface area contributed by atoms with Crippen LogP contribution in [0.1, 0.15) is 11.5 Å². The summed E-state index contributed by atoms with van der Waals surface area (Å²) >= 11 is 13.5. The van der Waals surface area contributed by atoms with Crippen LogP contribution in [0, 0.1) is 12.3 Å². The zero-order valence-corrected chi connectivity index (χ0v) is 20.5. The molecule has 10 heteroatoms. The Morgan fingerprint density at radius 1 is 1.19 bits per heavy atom. The second-order valence-corrected chi connectivity index (χ2v) is 10.5. The molecule has 31 heavy (non-hydrogen) atoms. The maximum absolute atomic E-state index is 12.7. The van der Waals surface area contributed by atoms with E-state index in [4.69, 9.17) is 34.0 Å². The zero-order chi connectivity index (χ0) is 22.9. The molecule has 0 saturated carbocycles. The second kappa shape index (κ2) is 12.3. The molecule has 1 heterocycles. The molecule has 0 atom stereocenters. The number of furan rings is 1. The van der Waals surface area contributed by atoms with E-state index in [1.807, 2.05) is 31.1 Å². The van der Waals surface area contributed by atoms with Crippen LogP contribution in [-0.4, -0.2) is 46.3 Å². The fraction of sp³-hybridized carbons (Fsp3) is 0.333. The van der Waals surface area contributed by atoms with Crippen LogP contribution in [0.25, 0.3) is 0 Å². The van der Waals surface area contributed by atoms with Gasteiger partial charge in [0.1, 0.15) is 17.3 Å². The molecule has 0 aliphatic carbocycles. The topological polar surface area (TPSA) is 74.6 Å². The van der Waals surface area contributed by atoms with Crippen LogP contribution in [0.15, 0.2) is 50.9 Å². The van der Waals surface area contributed by atoms with Crippen LogP contribution in [0.2, 0.25) is 10.0 Å². The fourth-order valence-electron chi connectivity index (χ4n) is 2.50. The van der Waals surface area contributed by atoms with Crippen molar-refractivity contribution >= 4 is 44.8 Å². The van der Waals surface area contributed by atoms with Crippen molar-refractivity contribution in [2.75, 3.05) is 32.9 Å². The first kappa shape index (κ1) is 25.5. The molecule has 1 aromatic heterocycles. The van der Waals surface area contributed by atoms with Gasteiger partial charge in [-0.2, -0.15) is 11.8 Å². The maximum atomic E-state index is 12.7. The summed E-state index contributed by atoms with van der Waals surface area (Å²) in [5.74, 6) is 6.05. The number of nitrogens with one attached hydrogen (secondary N) is 2. The molecular weight excluding hydrogens is 477 g/mol. The fourth-order valence-corrected chi connectivity index (χ4v) is 4.76. The van der Waals surface area contributed by atoms with Crippen LogP contribution >= 0.6 is 35.0 Å². The van der Waals surface area contributed by atoms with E-state index in [-0.39, 0.29) is 21.5 Å². The highest BCUT2D eigenvalue weighted by Gasteiger charge is 2.15. The SMILES string of the molecule is C#CCN/C(=C/S(=O)(=O)c1ccc(Cl)c(Cl)c1)NCCSCc1ccc(CN(C)C)o1. The summed E-state index contributed by atoms with van der Waals surface area (Å²) < 4.78 is 31.2.